The summed E-state index contributed by atoms with van der Waals surface area (Å²) in [5.41, 5.74) is 0. The topological polar surface area (TPSA) is 40.5 Å². The van der Waals surface area contributed by atoms with Crippen LogP contribution < -0.4 is 0 Å². The summed E-state index contributed by atoms with van der Waals surface area (Å²) in [5, 5.41) is 18.0. The van der Waals surface area contributed by atoms with Gasteiger partial charge in [0.1, 0.15) is 0 Å². The van der Waals surface area contributed by atoms with Gasteiger partial charge in [0.15, 0.2) is 11.5 Å². The van der Waals surface area contributed by atoms with Crippen molar-refractivity contribution in [1.82, 2.24) is 0 Å². The third kappa shape index (κ3) is 2.28. The van der Waals surface area contributed by atoms with Gasteiger partial charge in [-0.15, -0.1) is 25.3 Å². The molecule has 0 fully saturated rings. The SMILES string of the molecule is Oc1c(S)ccc(S)c1O.[Li]. The first-order valence-corrected chi connectivity index (χ1v) is 3.45. The Morgan fingerprint density at radius 3 is 1.45 bits per heavy atom. The first kappa shape index (κ1) is 11.1. The van der Waals surface area contributed by atoms with Crippen LogP contribution in [0.2, 0.25) is 0 Å². The fourth-order valence-corrected chi connectivity index (χ4v) is 0.919. The van der Waals surface area contributed by atoms with Crippen molar-refractivity contribution in [2.75, 3.05) is 0 Å². The molecule has 1 radical (unpaired) electrons. The van der Waals surface area contributed by atoms with E-state index < -0.39 is 0 Å². The molecule has 0 aliphatic heterocycles. The van der Waals surface area contributed by atoms with Crippen molar-refractivity contribution in [3.8, 4) is 11.5 Å². The number of thiol groups is 2. The molecule has 55 valence electrons. The van der Waals surface area contributed by atoms with E-state index in [-0.39, 0.29) is 30.4 Å². The van der Waals surface area contributed by atoms with Crippen LogP contribution in [0.5, 0.6) is 11.5 Å². The number of hydrogen-bond acceptors (Lipinski definition) is 4. The summed E-state index contributed by atoms with van der Waals surface area (Å²) in [6, 6.07) is 3.11. The number of benzene rings is 1. The molecular weight excluding hydrogens is 175 g/mol. The van der Waals surface area contributed by atoms with Gasteiger partial charge in [0.2, 0.25) is 0 Å². The minimum atomic E-state index is -0.226. The number of aromatic hydroxyl groups is 2. The van der Waals surface area contributed by atoms with Crippen molar-refractivity contribution in [2.45, 2.75) is 9.79 Å². The maximum Gasteiger partial charge on any atom is 0.172 e. The molecular formula is C6H6LiO2S2. The van der Waals surface area contributed by atoms with E-state index in [1.807, 2.05) is 0 Å². The second-order valence-electron chi connectivity index (χ2n) is 1.80. The molecule has 11 heavy (non-hydrogen) atoms. The van der Waals surface area contributed by atoms with Crippen LogP contribution in [0.3, 0.4) is 0 Å². The van der Waals surface area contributed by atoms with E-state index in [4.69, 9.17) is 10.2 Å². The molecule has 0 saturated carbocycles. The Morgan fingerprint density at radius 1 is 0.909 bits per heavy atom. The van der Waals surface area contributed by atoms with Crippen LogP contribution >= 0.6 is 25.3 Å². The van der Waals surface area contributed by atoms with Gasteiger partial charge in [-0.3, -0.25) is 0 Å². The minimum absolute atomic E-state index is 0. The standard InChI is InChI=1S/C6H6O2S2.Li/c7-5-3(9)1-2-4(10)6(5)8;/h1-2,7-10H;. The third-order valence-corrected chi connectivity index (χ3v) is 1.83. The third-order valence-electron chi connectivity index (χ3n) is 1.11. The molecule has 2 nitrogen and oxygen atoms in total. The number of hydrogen-bond donors (Lipinski definition) is 4. The van der Waals surface area contributed by atoms with Crippen LogP contribution in [-0.2, 0) is 0 Å². The van der Waals surface area contributed by atoms with Crippen LogP contribution in [0.25, 0.3) is 0 Å². The predicted molar refractivity (Wildman–Crippen MR) is 50.0 cm³/mol. The molecule has 0 spiro atoms. The summed E-state index contributed by atoms with van der Waals surface area (Å²) in [5.74, 6) is -0.452. The van der Waals surface area contributed by atoms with Crippen LogP contribution in [0, 0.1) is 0 Å². The monoisotopic (exact) mass is 181 g/mol. The molecule has 1 aromatic carbocycles. The maximum atomic E-state index is 9.01. The van der Waals surface area contributed by atoms with Crippen LogP contribution in [0.4, 0.5) is 0 Å². The van der Waals surface area contributed by atoms with Gasteiger partial charge >= 0.3 is 0 Å². The Bertz CT molecular complexity index is 238. The van der Waals surface area contributed by atoms with Crippen LogP contribution in [0.15, 0.2) is 21.9 Å². The van der Waals surface area contributed by atoms with E-state index in [1.54, 1.807) is 12.1 Å². The second kappa shape index (κ2) is 4.22. The molecule has 0 amide bonds. The van der Waals surface area contributed by atoms with Crippen molar-refractivity contribution < 1.29 is 10.2 Å². The molecule has 0 unspecified atom stereocenters. The molecule has 0 bridgehead atoms. The smallest absolute Gasteiger partial charge is 0.172 e. The van der Waals surface area contributed by atoms with Gasteiger partial charge < -0.3 is 10.2 Å². The Morgan fingerprint density at radius 2 is 1.18 bits per heavy atom. The van der Waals surface area contributed by atoms with Crippen LogP contribution in [0.1, 0.15) is 0 Å². The van der Waals surface area contributed by atoms with Gasteiger partial charge in [0.25, 0.3) is 0 Å². The van der Waals surface area contributed by atoms with E-state index in [1.165, 1.54) is 0 Å². The zero-order valence-corrected chi connectivity index (χ0v) is 7.73. The average molecular weight is 181 g/mol. The van der Waals surface area contributed by atoms with E-state index in [9.17, 15) is 0 Å². The zero-order valence-electron chi connectivity index (χ0n) is 5.94. The minimum Gasteiger partial charge on any atom is -0.503 e. The summed E-state index contributed by atoms with van der Waals surface area (Å²) < 4.78 is 0. The van der Waals surface area contributed by atoms with Gasteiger partial charge in [-0.2, -0.15) is 0 Å². The Balaban J connectivity index is 0.000001000. The number of rotatable bonds is 0. The number of phenolic OH excluding ortho intramolecular Hbond substituents is 2. The van der Waals surface area contributed by atoms with Gasteiger partial charge in [-0.25, -0.2) is 0 Å². The fraction of sp³-hybridized carbons (Fsp3) is 0. The van der Waals surface area contributed by atoms with Gasteiger partial charge in [0.05, 0.1) is 0 Å². The van der Waals surface area contributed by atoms with Gasteiger partial charge in [-0.1, -0.05) is 0 Å². The Hall–Kier alpha value is 0.117. The Labute approximate surface area is 87.6 Å². The van der Waals surface area contributed by atoms with Crippen molar-refractivity contribution in [2.24, 2.45) is 0 Å². The summed E-state index contributed by atoms with van der Waals surface area (Å²) in [6.45, 7) is 0. The zero-order chi connectivity index (χ0) is 7.72. The second-order valence-corrected chi connectivity index (χ2v) is 2.76. The fourth-order valence-electron chi connectivity index (χ4n) is 0.558. The number of phenols is 2. The predicted octanol–water partition coefficient (Wildman–Crippen LogP) is 1.29. The molecule has 0 aliphatic rings. The molecule has 0 aromatic heterocycles. The quantitative estimate of drug-likeness (QED) is 0.277. The molecule has 0 atom stereocenters. The van der Waals surface area contributed by atoms with Gasteiger partial charge in [-0.05, 0) is 12.1 Å². The summed E-state index contributed by atoms with van der Waals surface area (Å²) in [4.78, 5) is 0.686. The van der Waals surface area contributed by atoms with E-state index >= 15 is 0 Å². The Kier molecular flexibility index (Phi) is 4.26. The van der Waals surface area contributed by atoms with Crippen molar-refractivity contribution in [3.63, 3.8) is 0 Å². The molecule has 5 heteroatoms. The van der Waals surface area contributed by atoms with Crippen LogP contribution in [-0.4, -0.2) is 29.1 Å². The molecule has 0 saturated heterocycles. The van der Waals surface area contributed by atoms with E-state index in [0.717, 1.165) is 0 Å². The first-order chi connectivity index (χ1) is 4.63. The van der Waals surface area contributed by atoms with E-state index in [2.05, 4.69) is 25.3 Å². The van der Waals surface area contributed by atoms with Gasteiger partial charge in [0, 0.05) is 28.7 Å². The summed E-state index contributed by atoms with van der Waals surface area (Å²) in [7, 11) is 0. The molecule has 1 aromatic rings. The van der Waals surface area contributed by atoms with E-state index in [0.29, 0.717) is 9.79 Å². The molecule has 0 heterocycles. The van der Waals surface area contributed by atoms with Crippen molar-refractivity contribution >= 4 is 44.1 Å². The molecule has 0 aliphatic carbocycles. The first-order valence-electron chi connectivity index (χ1n) is 2.56. The van der Waals surface area contributed by atoms with Crippen molar-refractivity contribution in [1.29, 1.82) is 0 Å². The average Bonchev–Trinajstić information content (AvgIpc) is 1.93. The van der Waals surface area contributed by atoms with Crippen molar-refractivity contribution in [3.05, 3.63) is 12.1 Å². The largest absolute Gasteiger partial charge is 0.503 e. The summed E-state index contributed by atoms with van der Waals surface area (Å²) in [6.07, 6.45) is 0. The maximum absolute atomic E-state index is 9.01. The summed E-state index contributed by atoms with van der Waals surface area (Å²) >= 11 is 7.74. The normalized spacial score (nSPS) is 8.91. The molecule has 1 rings (SSSR count). The molecule has 2 N–H and O–H groups in total.